The van der Waals surface area contributed by atoms with Gasteiger partial charge in [-0.2, -0.15) is 5.10 Å². The summed E-state index contributed by atoms with van der Waals surface area (Å²) >= 11 is 0. The average molecular weight is 326 g/mol. The Bertz CT molecular complexity index is 830. The number of amides is 1. The SMILES string of the molecule is Cc1noc(C)c1CC(=O)Nc1ccc(-c2n[nH]c(CN)n2)cc1. The second kappa shape index (κ2) is 6.63. The zero-order valence-electron chi connectivity index (χ0n) is 13.5. The topological polar surface area (TPSA) is 123 Å². The second-order valence-electron chi connectivity index (χ2n) is 5.41. The maximum absolute atomic E-state index is 12.2. The van der Waals surface area contributed by atoms with Crippen LogP contribution >= 0.6 is 0 Å². The van der Waals surface area contributed by atoms with E-state index in [4.69, 9.17) is 10.3 Å². The molecule has 0 fully saturated rings. The molecule has 0 saturated carbocycles. The monoisotopic (exact) mass is 326 g/mol. The van der Waals surface area contributed by atoms with Crippen LogP contribution in [-0.2, 0) is 17.8 Å². The molecule has 0 saturated heterocycles. The molecule has 0 radical (unpaired) electrons. The number of aromatic nitrogens is 4. The molecule has 3 aromatic rings. The van der Waals surface area contributed by atoms with Gasteiger partial charge in [0.15, 0.2) is 5.82 Å². The van der Waals surface area contributed by atoms with Gasteiger partial charge < -0.3 is 15.6 Å². The van der Waals surface area contributed by atoms with Gasteiger partial charge >= 0.3 is 0 Å². The Balaban J connectivity index is 1.66. The molecule has 8 heteroatoms. The van der Waals surface area contributed by atoms with Gasteiger partial charge in [0.25, 0.3) is 0 Å². The number of hydrogen-bond donors (Lipinski definition) is 3. The van der Waals surface area contributed by atoms with E-state index >= 15 is 0 Å². The highest BCUT2D eigenvalue weighted by Gasteiger charge is 2.13. The molecular weight excluding hydrogens is 308 g/mol. The van der Waals surface area contributed by atoms with Crippen molar-refractivity contribution in [3.63, 3.8) is 0 Å². The number of benzene rings is 1. The highest BCUT2D eigenvalue weighted by Crippen LogP contribution is 2.19. The van der Waals surface area contributed by atoms with Crippen molar-refractivity contribution in [1.82, 2.24) is 20.3 Å². The molecule has 2 aromatic heterocycles. The minimum Gasteiger partial charge on any atom is -0.361 e. The Morgan fingerprint density at radius 1 is 1.29 bits per heavy atom. The predicted molar refractivity (Wildman–Crippen MR) is 88.0 cm³/mol. The van der Waals surface area contributed by atoms with E-state index in [1.165, 1.54) is 0 Å². The van der Waals surface area contributed by atoms with Crippen LogP contribution in [0.4, 0.5) is 5.69 Å². The fourth-order valence-electron chi connectivity index (χ4n) is 2.34. The molecule has 0 spiro atoms. The maximum atomic E-state index is 12.2. The number of nitrogens with zero attached hydrogens (tertiary/aromatic N) is 3. The number of rotatable bonds is 5. The third-order valence-corrected chi connectivity index (χ3v) is 3.67. The summed E-state index contributed by atoms with van der Waals surface area (Å²) in [5.41, 5.74) is 8.60. The lowest BCUT2D eigenvalue weighted by Crippen LogP contribution is -2.15. The van der Waals surface area contributed by atoms with E-state index in [9.17, 15) is 4.79 Å². The number of nitrogens with one attached hydrogen (secondary N) is 2. The Morgan fingerprint density at radius 2 is 2.04 bits per heavy atom. The standard InChI is InChI=1S/C16H18N6O2/c1-9-13(10(2)24-22-9)7-15(23)18-12-5-3-11(4-6-12)16-19-14(8-17)20-21-16/h3-6H,7-8,17H2,1-2H3,(H,18,23)(H,19,20,21). The summed E-state index contributed by atoms with van der Waals surface area (Å²) in [6, 6.07) is 7.29. The molecule has 0 unspecified atom stereocenters. The van der Waals surface area contributed by atoms with E-state index in [-0.39, 0.29) is 12.3 Å². The molecule has 4 N–H and O–H groups in total. The molecule has 1 aromatic carbocycles. The van der Waals surface area contributed by atoms with Crippen molar-refractivity contribution in [1.29, 1.82) is 0 Å². The first-order chi connectivity index (χ1) is 11.6. The molecule has 24 heavy (non-hydrogen) atoms. The minimum atomic E-state index is -0.125. The summed E-state index contributed by atoms with van der Waals surface area (Å²) in [6.07, 6.45) is 0.226. The quantitative estimate of drug-likeness (QED) is 0.656. The summed E-state index contributed by atoms with van der Waals surface area (Å²) in [6.45, 7) is 3.92. The van der Waals surface area contributed by atoms with Crippen LogP contribution in [0.3, 0.4) is 0 Å². The number of H-pyrrole nitrogens is 1. The molecule has 0 aliphatic rings. The van der Waals surface area contributed by atoms with Crippen LogP contribution in [0.2, 0.25) is 0 Å². The molecule has 2 heterocycles. The van der Waals surface area contributed by atoms with Crippen molar-refractivity contribution in [3.05, 3.63) is 47.1 Å². The summed E-state index contributed by atoms with van der Waals surface area (Å²) in [5, 5.41) is 13.6. The van der Waals surface area contributed by atoms with E-state index in [0.29, 0.717) is 29.6 Å². The predicted octanol–water partition coefficient (Wildman–Crippen LogP) is 1.72. The lowest BCUT2D eigenvalue weighted by atomic mass is 10.1. The molecule has 3 rings (SSSR count). The van der Waals surface area contributed by atoms with Gasteiger partial charge in [-0.25, -0.2) is 4.98 Å². The fraction of sp³-hybridized carbons (Fsp3) is 0.250. The Labute approximate surface area is 138 Å². The molecule has 8 nitrogen and oxygen atoms in total. The first-order valence-corrected chi connectivity index (χ1v) is 7.50. The lowest BCUT2D eigenvalue weighted by Gasteiger charge is -2.05. The van der Waals surface area contributed by atoms with Gasteiger partial charge in [-0.1, -0.05) is 5.16 Å². The van der Waals surface area contributed by atoms with Crippen molar-refractivity contribution in [2.75, 3.05) is 5.32 Å². The van der Waals surface area contributed by atoms with Crippen molar-refractivity contribution in [2.45, 2.75) is 26.8 Å². The third-order valence-electron chi connectivity index (χ3n) is 3.67. The Morgan fingerprint density at radius 3 is 2.62 bits per heavy atom. The van der Waals surface area contributed by atoms with Crippen LogP contribution in [0.15, 0.2) is 28.8 Å². The number of anilines is 1. The van der Waals surface area contributed by atoms with Gasteiger partial charge in [-0.05, 0) is 38.1 Å². The van der Waals surface area contributed by atoms with E-state index in [0.717, 1.165) is 16.8 Å². The largest absolute Gasteiger partial charge is 0.361 e. The van der Waals surface area contributed by atoms with E-state index in [2.05, 4.69) is 25.7 Å². The summed E-state index contributed by atoms with van der Waals surface area (Å²) < 4.78 is 5.07. The number of carbonyl (C=O) groups excluding carboxylic acids is 1. The summed E-state index contributed by atoms with van der Waals surface area (Å²) in [7, 11) is 0. The molecule has 1 amide bonds. The van der Waals surface area contributed by atoms with E-state index in [1.54, 1.807) is 19.1 Å². The van der Waals surface area contributed by atoms with Crippen LogP contribution in [0, 0.1) is 13.8 Å². The number of aromatic amines is 1. The molecule has 0 atom stereocenters. The summed E-state index contributed by atoms with van der Waals surface area (Å²) in [5.74, 6) is 1.74. The molecule has 0 aliphatic heterocycles. The van der Waals surface area contributed by atoms with Crippen LogP contribution in [0.25, 0.3) is 11.4 Å². The zero-order chi connectivity index (χ0) is 17.1. The number of carbonyl (C=O) groups is 1. The van der Waals surface area contributed by atoms with Crippen molar-refractivity contribution < 1.29 is 9.32 Å². The number of hydrogen-bond acceptors (Lipinski definition) is 6. The van der Waals surface area contributed by atoms with Gasteiger partial charge in [0, 0.05) is 16.8 Å². The second-order valence-corrected chi connectivity index (χ2v) is 5.41. The molecule has 0 bridgehead atoms. The first-order valence-electron chi connectivity index (χ1n) is 7.50. The fourth-order valence-corrected chi connectivity index (χ4v) is 2.34. The smallest absolute Gasteiger partial charge is 0.228 e. The first kappa shape index (κ1) is 15.9. The van der Waals surface area contributed by atoms with Gasteiger partial charge in [0.2, 0.25) is 5.91 Å². The van der Waals surface area contributed by atoms with Crippen molar-refractivity contribution in [2.24, 2.45) is 5.73 Å². The summed E-state index contributed by atoms with van der Waals surface area (Å²) in [4.78, 5) is 16.4. The van der Waals surface area contributed by atoms with Crippen LogP contribution in [0.5, 0.6) is 0 Å². The number of aryl methyl sites for hydroxylation is 2. The Kier molecular flexibility index (Phi) is 4.39. The van der Waals surface area contributed by atoms with Crippen LogP contribution in [-0.4, -0.2) is 26.2 Å². The Hall–Kier alpha value is -3.00. The van der Waals surface area contributed by atoms with Crippen LogP contribution in [0.1, 0.15) is 22.8 Å². The minimum absolute atomic E-state index is 0.125. The third kappa shape index (κ3) is 3.33. The van der Waals surface area contributed by atoms with Crippen molar-refractivity contribution in [3.8, 4) is 11.4 Å². The van der Waals surface area contributed by atoms with Gasteiger partial charge in [0.1, 0.15) is 11.6 Å². The molecule has 0 aliphatic carbocycles. The van der Waals surface area contributed by atoms with Crippen LogP contribution < -0.4 is 11.1 Å². The highest BCUT2D eigenvalue weighted by molar-refractivity contribution is 5.92. The van der Waals surface area contributed by atoms with E-state index < -0.39 is 0 Å². The van der Waals surface area contributed by atoms with Gasteiger partial charge in [0.05, 0.1) is 18.7 Å². The van der Waals surface area contributed by atoms with Gasteiger partial charge in [-0.15, -0.1) is 0 Å². The zero-order valence-corrected chi connectivity index (χ0v) is 13.5. The molecule has 124 valence electrons. The average Bonchev–Trinajstić information content (AvgIpc) is 3.18. The highest BCUT2D eigenvalue weighted by atomic mass is 16.5. The van der Waals surface area contributed by atoms with E-state index in [1.807, 2.05) is 19.1 Å². The molecular formula is C16H18N6O2. The maximum Gasteiger partial charge on any atom is 0.228 e. The van der Waals surface area contributed by atoms with Crippen molar-refractivity contribution >= 4 is 11.6 Å². The lowest BCUT2D eigenvalue weighted by molar-refractivity contribution is -0.115. The van der Waals surface area contributed by atoms with Gasteiger partial charge in [-0.3, -0.25) is 9.89 Å². The number of nitrogens with two attached hydrogens (primary N) is 1. The normalized spacial score (nSPS) is 10.8.